The molecule has 0 radical (unpaired) electrons. The lowest BCUT2D eigenvalue weighted by atomic mass is 9.42. The Hall–Kier alpha value is -0.865. The van der Waals surface area contributed by atoms with Gasteiger partial charge in [-0.05, 0) is 52.0 Å². The zero-order chi connectivity index (χ0) is 15.2. The first-order chi connectivity index (χ1) is 10.1. The topological polar surface area (TPSA) is 0 Å². The van der Waals surface area contributed by atoms with Crippen LogP contribution in [0.1, 0.15) is 25.8 Å². The van der Waals surface area contributed by atoms with Crippen molar-refractivity contribution in [2.24, 2.45) is 0 Å². The molecule has 1 aromatic carbocycles. The molecule has 1 heterocycles. The van der Waals surface area contributed by atoms with Crippen molar-refractivity contribution >= 4 is 44.2 Å². The molecule has 2 rings (SSSR count). The van der Waals surface area contributed by atoms with E-state index in [2.05, 4.69) is 40.4 Å². The first kappa shape index (κ1) is 16.5. The van der Waals surface area contributed by atoms with Crippen LogP contribution in [0, 0.1) is 5.82 Å². The fourth-order valence-electron chi connectivity index (χ4n) is 2.39. The van der Waals surface area contributed by atoms with Crippen molar-refractivity contribution in [2.45, 2.75) is 33.0 Å². The highest BCUT2D eigenvalue weighted by Gasteiger charge is 2.20. The second-order valence-corrected chi connectivity index (χ2v) is 7.43. The van der Waals surface area contributed by atoms with Gasteiger partial charge in [0.2, 0.25) is 6.71 Å². The van der Waals surface area contributed by atoms with Gasteiger partial charge < -0.3 is 0 Å². The van der Waals surface area contributed by atoms with E-state index in [0.717, 1.165) is 23.6 Å². The molecule has 0 atom stereocenters. The summed E-state index contributed by atoms with van der Waals surface area (Å²) in [6, 6.07) is 9.20. The Bertz CT molecular complexity index is 600. The van der Waals surface area contributed by atoms with Crippen molar-refractivity contribution in [2.75, 3.05) is 0 Å². The summed E-state index contributed by atoms with van der Waals surface area (Å²) >= 11 is 5.30. The van der Waals surface area contributed by atoms with Gasteiger partial charge in [-0.2, -0.15) is 11.3 Å². The molecule has 0 aliphatic heterocycles. The SMILES string of the molecule is CCCc1csc(B(CC=C(C)Br)c2ccc(F)cc2)c1. The average molecular weight is 365 g/mol. The van der Waals surface area contributed by atoms with Gasteiger partial charge in [0.05, 0.1) is 0 Å². The predicted octanol–water partition coefficient (Wildman–Crippen LogP) is 4.75. The molecule has 0 bridgehead atoms. The lowest BCUT2D eigenvalue weighted by Gasteiger charge is -2.10. The monoisotopic (exact) mass is 364 g/mol. The highest BCUT2D eigenvalue weighted by molar-refractivity contribution is 9.11. The van der Waals surface area contributed by atoms with Crippen molar-refractivity contribution in [3.05, 3.63) is 57.7 Å². The Morgan fingerprint density at radius 3 is 2.67 bits per heavy atom. The van der Waals surface area contributed by atoms with E-state index < -0.39 is 0 Å². The summed E-state index contributed by atoms with van der Waals surface area (Å²) in [7, 11) is 0. The van der Waals surface area contributed by atoms with E-state index in [1.54, 1.807) is 12.1 Å². The lowest BCUT2D eigenvalue weighted by molar-refractivity contribution is 0.628. The van der Waals surface area contributed by atoms with E-state index in [-0.39, 0.29) is 5.82 Å². The Morgan fingerprint density at radius 1 is 1.33 bits per heavy atom. The minimum atomic E-state index is -0.178. The summed E-state index contributed by atoms with van der Waals surface area (Å²) in [6.07, 6.45) is 5.40. The number of thiophene rings is 1. The van der Waals surface area contributed by atoms with Crippen molar-refractivity contribution in [1.29, 1.82) is 0 Å². The molecule has 0 aliphatic carbocycles. The highest BCUT2D eigenvalue weighted by Crippen LogP contribution is 2.12. The number of rotatable bonds is 6. The molecule has 0 saturated carbocycles. The summed E-state index contributed by atoms with van der Waals surface area (Å²) in [5, 5.41) is 2.25. The third kappa shape index (κ3) is 4.82. The van der Waals surface area contributed by atoms with E-state index in [1.165, 1.54) is 15.8 Å². The van der Waals surface area contributed by atoms with Crippen molar-refractivity contribution in [3.8, 4) is 0 Å². The molecular formula is C17H19BBrFS. The van der Waals surface area contributed by atoms with Crippen LogP contribution in [0.2, 0.25) is 6.32 Å². The molecular weight excluding hydrogens is 346 g/mol. The molecule has 0 aliphatic rings. The highest BCUT2D eigenvalue weighted by atomic mass is 79.9. The Kier molecular flexibility index (Phi) is 6.25. The van der Waals surface area contributed by atoms with Crippen LogP contribution in [0.3, 0.4) is 0 Å². The maximum Gasteiger partial charge on any atom is 0.226 e. The molecule has 110 valence electrons. The van der Waals surface area contributed by atoms with Crippen molar-refractivity contribution < 1.29 is 4.39 Å². The molecule has 0 N–H and O–H groups in total. The minimum absolute atomic E-state index is 0.178. The summed E-state index contributed by atoms with van der Waals surface area (Å²) in [5.41, 5.74) is 2.58. The van der Waals surface area contributed by atoms with E-state index in [1.807, 2.05) is 30.4 Å². The molecule has 1 aromatic heterocycles. The maximum atomic E-state index is 13.2. The average Bonchev–Trinajstić information content (AvgIpc) is 2.89. The zero-order valence-electron chi connectivity index (χ0n) is 12.4. The van der Waals surface area contributed by atoms with Crippen LogP contribution in [-0.2, 0) is 6.42 Å². The van der Waals surface area contributed by atoms with Gasteiger partial charge in [0.25, 0.3) is 0 Å². The van der Waals surface area contributed by atoms with Gasteiger partial charge in [-0.1, -0.05) is 59.0 Å². The number of aryl methyl sites for hydroxylation is 1. The maximum absolute atomic E-state index is 13.2. The molecule has 0 nitrogen and oxygen atoms in total. The Balaban J connectivity index is 2.30. The summed E-state index contributed by atoms with van der Waals surface area (Å²) in [5.74, 6) is -0.178. The van der Waals surface area contributed by atoms with Gasteiger partial charge in [-0.3, -0.25) is 0 Å². The minimum Gasteiger partial charge on any atom is -0.207 e. The van der Waals surface area contributed by atoms with Crippen LogP contribution in [0.15, 0.2) is 46.3 Å². The molecule has 0 unspecified atom stereocenters. The number of hydrogen-bond donors (Lipinski definition) is 0. The number of hydrogen-bond acceptors (Lipinski definition) is 1. The van der Waals surface area contributed by atoms with Gasteiger partial charge in [0.15, 0.2) is 0 Å². The molecule has 2 aromatic rings. The normalized spacial score (nSPS) is 11.7. The van der Waals surface area contributed by atoms with Crippen LogP contribution in [0.25, 0.3) is 0 Å². The van der Waals surface area contributed by atoms with E-state index >= 15 is 0 Å². The largest absolute Gasteiger partial charge is 0.226 e. The molecule has 4 heteroatoms. The van der Waals surface area contributed by atoms with Crippen molar-refractivity contribution in [1.82, 2.24) is 0 Å². The standard InChI is InChI=1S/C17H19BBrFS/c1-3-4-14-11-17(21-12-14)18(10-9-13(2)19)15-5-7-16(20)8-6-15/h5-9,11-12H,3-4,10H2,1-2H3. The summed E-state index contributed by atoms with van der Waals surface area (Å²) in [6.45, 7) is 4.54. The predicted molar refractivity (Wildman–Crippen MR) is 97.2 cm³/mol. The smallest absolute Gasteiger partial charge is 0.207 e. The number of allylic oxidation sites excluding steroid dienone is 2. The zero-order valence-corrected chi connectivity index (χ0v) is 14.8. The quantitative estimate of drug-likeness (QED) is 0.649. The molecule has 0 amide bonds. The lowest BCUT2D eigenvalue weighted by Crippen LogP contribution is -2.40. The third-order valence-corrected chi connectivity index (χ3v) is 4.88. The van der Waals surface area contributed by atoms with E-state index in [9.17, 15) is 4.39 Å². The molecule has 21 heavy (non-hydrogen) atoms. The number of halogens is 2. The van der Waals surface area contributed by atoms with Gasteiger partial charge in [0.1, 0.15) is 5.82 Å². The summed E-state index contributed by atoms with van der Waals surface area (Å²) < 4.78 is 15.6. The second kappa shape index (κ2) is 7.95. The van der Waals surface area contributed by atoms with E-state index in [4.69, 9.17) is 0 Å². The van der Waals surface area contributed by atoms with Crippen LogP contribution in [0.4, 0.5) is 4.39 Å². The molecule has 0 saturated heterocycles. The fourth-order valence-corrected chi connectivity index (χ4v) is 3.67. The van der Waals surface area contributed by atoms with Gasteiger partial charge >= 0.3 is 0 Å². The van der Waals surface area contributed by atoms with Crippen LogP contribution in [0.5, 0.6) is 0 Å². The first-order valence-electron chi connectivity index (χ1n) is 7.25. The Morgan fingerprint density at radius 2 is 2.05 bits per heavy atom. The summed E-state index contributed by atoms with van der Waals surface area (Å²) in [4.78, 5) is 0. The van der Waals surface area contributed by atoms with Crippen LogP contribution < -0.4 is 10.2 Å². The van der Waals surface area contributed by atoms with Gasteiger partial charge in [-0.15, -0.1) is 0 Å². The van der Waals surface area contributed by atoms with E-state index in [0.29, 0.717) is 6.71 Å². The Labute approximate surface area is 139 Å². The van der Waals surface area contributed by atoms with Gasteiger partial charge in [-0.25, -0.2) is 4.39 Å². The third-order valence-electron chi connectivity index (χ3n) is 3.46. The fraction of sp³-hybridized carbons (Fsp3) is 0.294. The van der Waals surface area contributed by atoms with Gasteiger partial charge in [0, 0.05) is 0 Å². The van der Waals surface area contributed by atoms with Crippen LogP contribution >= 0.6 is 27.3 Å². The first-order valence-corrected chi connectivity index (χ1v) is 8.92. The molecule has 0 fully saturated rings. The second-order valence-electron chi connectivity index (χ2n) is 5.24. The molecule has 0 spiro atoms. The number of benzene rings is 1. The van der Waals surface area contributed by atoms with Crippen LogP contribution in [-0.4, -0.2) is 6.71 Å². The van der Waals surface area contributed by atoms with Crippen molar-refractivity contribution in [3.63, 3.8) is 0 Å².